The molecule has 0 aromatic carbocycles. The van der Waals surface area contributed by atoms with E-state index in [0.29, 0.717) is 11.5 Å². The Balaban J connectivity index is 0.00000176. The molecule has 5 heteroatoms. The number of aryl methyl sites for hydroxylation is 1. The highest BCUT2D eigenvalue weighted by Gasteiger charge is 2.32. The van der Waals surface area contributed by atoms with Gasteiger partial charge in [-0.3, -0.25) is 4.90 Å². The van der Waals surface area contributed by atoms with Crippen LogP contribution in [0.3, 0.4) is 0 Å². The van der Waals surface area contributed by atoms with Gasteiger partial charge in [-0.15, -0.1) is 12.4 Å². The van der Waals surface area contributed by atoms with E-state index >= 15 is 0 Å². The quantitative estimate of drug-likeness (QED) is 0.927. The number of rotatable bonds is 3. The topological polar surface area (TPSA) is 33.1 Å². The standard InChI is InChI=1S/C17H30N4.ClH/c1-17(2)6-4-14(5-7-17)13-21-11-8-18-12-15(21)16-19-9-10-20(16)3;/h9-10,14-15,18H,4-8,11-13H2,1-3H3;1H. The van der Waals surface area contributed by atoms with Crippen molar-refractivity contribution >= 4 is 12.4 Å². The minimum atomic E-state index is 0. The van der Waals surface area contributed by atoms with E-state index in [4.69, 9.17) is 0 Å². The van der Waals surface area contributed by atoms with Gasteiger partial charge in [-0.1, -0.05) is 13.8 Å². The molecule has 4 nitrogen and oxygen atoms in total. The van der Waals surface area contributed by atoms with Crippen LogP contribution >= 0.6 is 12.4 Å². The molecule has 1 aliphatic carbocycles. The average Bonchev–Trinajstić information content (AvgIpc) is 2.88. The molecule has 1 saturated carbocycles. The molecule has 3 rings (SSSR count). The van der Waals surface area contributed by atoms with Crippen LogP contribution in [0.25, 0.3) is 0 Å². The Bertz CT molecular complexity index is 461. The number of aromatic nitrogens is 2. The fourth-order valence-electron chi connectivity index (χ4n) is 3.89. The summed E-state index contributed by atoms with van der Waals surface area (Å²) in [5.74, 6) is 2.08. The van der Waals surface area contributed by atoms with Crippen LogP contribution < -0.4 is 5.32 Å². The van der Waals surface area contributed by atoms with Gasteiger partial charge in [0.2, 0.25) is 0 Å². The Morgan fingerprint density at radius 1 is 1.32 bits per heavy atom. The second kappa shape index (κ2) is 7.33. The van der Waals surface area contributed by atoms with Crippen LogP contribution in [0.4, 0.5) is 0 Å². The first kappa shape index (κ1) is 17.8. The fraction of sp³-hybridized carbons (Fsp3) is 0.824. The Kier molecular flexibility index (Phi) is 5.92. The van der Waals surface area contributed by atoms with Gasteiger partial charge in [0.25, 0.3) is 0 Å². The first-order valence-corrected chi connectivity index (χ1v) is 8.47. The zero-order chi connectivity index (χ0) is 14.9. The van der Waals surface area contributed by atoms with Gasteiger partial charge in [-0.05, 0) is 37.0 Å². The molecule has 0 bridgehead atoms. The van der Waals surface area contributed by atoms with E-state index in [0.717, 1.165) is 25.6 Å². The van der Waals surface area contributed by atoms with Crippen LogP contribution in [-0.2, 0) is 7.05 Å². The lowest BCUT2D eigenvalue weighted by Gasteiger charge is -2.41. The Morgan fingerprint density at radius 2 is 2.05 bits per heavy atom. The predicted octanol–water partition coefficient (Wildman–Crippen LogP) is 3.00. The van der Waals surface area contributed by atoms with E-state index in [2.05, 4.69) is 46.9 Å². The molecule has 0 spiro atoms. The maximum absolute atomic E-state index is 4.59. The number of piperazine rings is 1. The second-order valence-electron chi connectivity index (χ2n) is 7.72. The van der Waals surface area contributed by atoms with Crippen LogP contribution in [0.5, 0.6) is 0 Å². The van der Waals surface area contributed by atoms with Gasteiger partial charge in [0.05, 0.1) is 6.04 Å². The van der Waals surface area contributed by atoms with Crippen molar-refractivity contribution in [2.24, 2.45) is 18.4 Å². The number of imidazole rings is 1. The first-order chi connectivity index (χ1) is 10.1. The first-order valence-electron chi connectivity index (χ1n) is 8.47. The van der Waals surface area contributed by atoms with Crippen molar-refractivity contribution in [2.45, 2.75) is 45.6 Å². The van der Waals surface area contributed by atoms with Gasteiger partial charge in [0.1, 0.15) is 5.82 Å². The van der Waals surface area contributed by atoms with E-state index in [-0.39, 0.29) is 12.4 Å². The smallest absolute Gasteiger partial charge is 0.127 e. The summed E-state index contributed by atoms with van der Waals surface area (Å²) in [6.07, 6.45) is 9.54. The molecule has 126 valence electrons. The van der Waals surface area contributed by atoms with Gasteiger partial charge in [0, 0.05) is 45.6 Å². The lowest BCUT2D eigenvalue weighted by Crippen LogP contribution is -2.48. The fourth-order valence-corrected chi connectivity index (χ4v) is 3.89. The van der Waals surface area contributed by atoms with Gasteiger partial charge >= 0.3 is 0 Å². The summed E-state index contributed by atoms with van der Waals surface area (Å²) in [5.41, 5.74) is 0.568. The molecular weight excluding hydrogens is 296 g/mol. The molecule has 1 aliphatic heterocycles. The Hall–Kier alpha value is -0.580. The maximum atomic E-state index is 4.59. The van der Waals surface area contributed by atoms with Crippen LogP contribution in [-0.4, -0.2) is 40.6 Å². The van der Waals surface area contributed by atoms with E-state index in [1.807, 2.05) is 6.20 Å². The van der Waals surface area contributed by atoms with Crippen LogP contribution in [0.1, 0.15) is 51.4 Å². The molecule has 0 radical (unpaired) electrons. The minimum Gasteiger partial charge on any atom is -0.337 e. The second-order valence-corrected chi connectivity index (χ2v) is 7.72. The molecule has 1 aromatic heterocycles. The van der Waals surface area contributed by atoms with Crippen LogP contribution in [0.15, 0.2) is 12.4 Å². The number of nitrogens with zero attached hydrogens (tertiary/aromatic N) is 3. The number of halogens is 1. The monoisotopic (exact) mass is 326 g/mol. The van der Waals surface area contributed by atoms with Crippen molar-refractivity contribution in [3.05, 3.63) is 18.2 Å². The highest BCUT2D eigenvalue weighted by molar-refractivity contribution is 5.85. The SMILES string of the molecule is Cl.Cn1ccnc1C1CNCCN1CC1CCC(C)(C)CC1. The largest absolute Gasteiger partial charge is 0.337 e. The number of hydrogen-bond acceptors (Lipinski definition) is 3. The normalized spacial score (nSPS) is 26.6. The van der Waals surface area contributed by atoms with Crippen molar-refractivity contribution in [3.63, 3.8) is 0 Å². The van der Waals surface area contributed by atoms with Crippen molar-refractivity contribution in [1.29, 1.82) is 0 Å². The van der Waals surface area contributed by atoms with Crippen LogP contribution in [0, 0.1) is 11.3 Å². The zero-order valence-electron chi connectivity index (χ0n) is 14.2. The highest BCUT2D eigenvalue weighted by Crippen LogP contribution is 2.38. The summed E-state index contributed by atoms with van der Waals surface area (Å²) in [5, 5.41) is 3.54. The molecule has 1 saturated heterocycles. The highest BCUT2D eigenvalue weighted by atomic mass is 35.5. The third-order valence-corrected chi connectivity index (χ3v) is 5.46. The van der Waals surface area contributed by atoms with Crippen molar-refractivity contribution < 1.29 is 0 Å². The molecule has 1 aromatic rings. The van der Waals surface area contributed by atoms with Crippen molar-refractivity contribution in [1.82, 2.24) is 19.8 Å². The molecule has 2 heterocycles. The Morgan fingerprint density at radius 3 is 2.68 bits per heavy atom. The molecule has 1 atom stereocenters. The summed E-state index contributed by atoms with van der Waals surface area (Å²) in [4.78, 5) is 7.26. The molecular formula is C17H31ClN4. The minimum absolute atomic E-state index is 0. The number of nitrogens with one attached hydrogen (secondary N) is 1. The van der Waals surface area contributed by atoms with Gasteiger partial charge in [-0.2, -0.15) is 0 Å². The lowest BCUT2D eigenvalue weighted by atomic mass is 9.73. The van der Waals surface area contributed by atoms with E-state index in [1.165, 1.54) is 38.1 Å². The third kappa shape index (κ3) is 4.03. The van der Waals surface area contributed by atoms with E-state index in [1.54, 1.807) is 0 Å². The third-order valence-electron chi connectivity index (χ3n) is 5.46. The van der Waals surface area contributed by atoms with E-state index < -0.39 is 0 Å². The Labute approximate surface area is 141 Å². The van der Waals surface area contributed by atoms with Gasteiger partial charge in [-0.25, -0.2) is 4.98 Å². The molecule has 2 fully saturated rings. The summed E-state index contributed by atoms with van der Waals surface area (Å²) in [6, 6.07) is 0.439. The summed E-state index contributed by atoms with van der Waals surface area (Å²) in [6.45, 7) is 9.38. The van der Waals surface area contributed by atoms with Crippen molar-refractivity contribution in [2.75, 3.05) is 26.2 Å². The lowest BCUT2D eigenvalue weighted by molar-refractivity contribution is 0.0956. The summed E-state index contributed by atoms with van der Waals surface area (Å²) in [7, 11) is 2.11. The average molecular weight is 327 g/mol. The molecule has 22 heavy (non-hydrogen) atoms. The predicted molar refractivity (Wildman–Crippen MR) is 93.4 cm³/mol. The van der Waals surface area contributed by atoms with Gasteiger partial charge in [0.15, 0.2) is 0 Å². The molecule has 0 amide bonds. The summed E-state index contributed by atoms with van der Waals surface area (Å²) >= 11 is 0. The van der Waals surface area contributed by atoms with Crippen molar-refractivity contribution in [3.8, 4) is 0 Å². The molecule has 2 aliphatic rings. The number of hydrogen-bond donors (Lipinski definition) is 1. The zero-order valence-corrected chi connectivity index (χ0v) is 15.0. The molecule has 1 N–H and O–H groups in total. The van der Waals surface area contributed by atoms with Crippen LogP contribution in [0.2, 0.25) is 0 Å². The maximum Gasteiger partial charge on any atom is 0.127 e. The van der Waals surface area contributed by atoms with Gasteiger partial charge < -0.3 is 9.88 Å². The molecule has 1 unspecified atom stereocenters. The summed E-state index contributed by atoms with van der Waals surface area (Å²) < 4.78 is 2.18. The van der Waals surface area contributed by atoms with E-state index in [9.17, 15) is 0 Å².